The van der Waals surface area contributed by atoms with E-state index in [2.05, 4.69) is 10.8 Å². The second-order valence-electron chi connectivity index (χ2n) is 7.19. The summed E-state index contributed by atoms with van der Waals surface area (Å²) in [5.41, 5.74) is 5.60. The Morgan fingerprint density at radius 1 is 1.32 bits per heavy atom. The molecule has 1 aliphatic carbocycles. The molecule has 0 saturated heterocycles. The van der Waals surface area contributed by atoms with E-state index in [1.165, 1.54) is 0 Å². The number of thiazole rings is 1. The van der Waals surface area contributed by atoms with Gasteiger partial charge in [-0.2, -0.15) is 0 Å². The highest BCUT2D eigenvalue weighted by Gasteiger charge is 2.25. The van der Waals surface area contributed by atoms with E-state index in [0.29, 0.717) is 12.8 Å². The van der Waals surface area contributed by atoms with Crippen LogP contribution in [0.15, 0.2) is 45.0 Å². The number of anilines is 1. The van der Waals surface area contributed by atoms with Gasteiger partial charge >= 0.3 is 0 Å². The number of nitrogens with zero attached hydrogens (tertiary/aromatic N) is 1. The molecular weight excluding hydrogens is 394 g/mol. The quantitative estimate of drug-likeness (QED) is 0.677. The molecule has 4 rings (SSSR count). The van der Waals surface area contributed by atoms with Gasteiger partial charge < -0.3 is 15.3 Å². The van der Waals surface area contributed by atoms with Crippen molar-refractivity contribution in [2.75, 3.05) is 5.32 Å². The van der Waals surface area contributed by atoms with Crippen LogP contribution in [0.5, 0.6) is 0 Å². The summed E-state index contributed by atoms with van der Waals surface area (Å²) < 4.78 is 1.97. The number of carbonyl (C=O) groups excluding carboxylic acids is 1. The maximum absolute atomic E-state index is 12.5. The van der Waals surface area contributed by atoms with E-state index in [-0.39, 0.29) is 17.9 Å². The summed E-state index contributed by atoms with van der Waals surface area (Å²) in [6, 6.07) is 5.82. The lowest BCUT2D eigenvalue weighted by Crippen LogP contribution is -2.28. The third-order valence-electron chi connectivity index (χ3n) is 5.06. The zero-order valence-electron chi connectivity index (χ0n) is 15.8. The number of allylic oxidation sites excluding steroid dienone is 2. The van der Waals surface area contributed by atoms with E-state index >= 15 is 0 Å². The minimum Gasteiger partial charge on any atom is -0.393 e. The topological polar surface area (TPSA) is 83.5 Å². The van der Waals surface area contributed by atoms with Crippen molar-refractivity contribution in [1.29, 1.82) is 0 Å². The van der Waals surface area contributed by atoms with Crippen LogP contribution < -0.4 is 10.8 Å². The van der Waals surface area contributed by atoms with Crippen LogP contribution in [0.3, 0.4) is 0 Å². The summed E-state index contributed by atoms with van der Waals surface area (Å²) in [4.78, 5) is 23.6. The van der Waals surface area contributed by atoms with Gasteiger partial charge in [0.25, 0.3) is 0 Å². The van der Waals surface area contributed by atoms with E-state index < -0.39 is 0 Å². The molecule has 1 aromatic heterocycles. The molecule has 6 nitrogen and oxygen atoms in total. The molecule has 8 heteroatoms. The molecule has 0 atom stereocenters. The SMILES string of the molecule is CC1=CNOC(C)=C1Sc1nc2ccc(NC(=O)C3CCC(O)CC3)cc2s1. The van der Waals surface area contributed by atoms with Gasteiger partial charge in [-0.3, -0.25) is 4.79 Å². The molecule has 2 aromatic rings. The Labute approximate surface area is 172 Å². The largest absolute Gasteiger partial charge is 0.393 e. The van der Waals surface area contributed by atoms with Crippen molar-refractivity contribution in [3.8, 4) is 0 Å². The molecule has 0 unspecified atom stereocenters. The second-order valence-corrected chi connectivity index (χ2v) is 9.48. The number of aliphatic hydroxyl groups is 1. The fourth-order valence-electron chi connectivity index (χ4n) is 3.44. The highest BCUT2D eigenvalue weighted by Crippen LogP contribution is 2.39. The summed E-state index contributed by atoms with van der Waals surface area (Å²) in [5.74, 6) is 0.852. The third-order valence-corrected chi connectivity index (χ3v) is 7.45. The number of rotatable bonds is 4. The number of aromatic nitrogens is 1. The molecule has 2 heterocycles. The van der Waals surface area contributed by atoms with Gasteiger partial charge in [-0.15, -0.1) is 11.3 Å². The molecule has 148 valence electrons. The number of carbonyl (C=O) groups is 1. The van der Waals surface area contributed by atoms with Crippen molar-refractivity contribution < 1.29 is 14.7 Å². The van der Waals surface area contributed by atoms with Crippen LogP contribution in [-0.2, 0) is 9.63 Å². The predicted octanol–water partition coefficient (Wildman–Crippen LogP) is 4.55. The maximum atomic E-state index is 12.5. The van der Waals surface area contributed by atoms with Gasteiger partial charge in [0.15, 0.2) is 4.34 Å². The monoisotopic (exact) mass is 417 g/mol. The fourth-order valence-corrected chi connectivity index (χ4v) is 5.59. The molecule has 1 saturated carbocycles. The number of hydrogen-bond donors (Lipinski definition) is 3. The number of benzene rings is 1. The van der Waals surface area contributed by atoms with Crippen LogP contribution in [0.1, 0.15) is 39.5 Å². The van der Waals surface area contributed by atoms with Crippen molar-refractivity contribution in [2.24, 2.45) is 5.92 Å². The molecule has 1 aromatic carbocycles. The number of amides is 1. The highest BCUT2D eigenvalue weighted by molar-refractivity contribution is 8.05. The maximum Gasteiger partial charge on any atom is 0.227 e. The summed E-state index contributed by atoms with van der Waals surface area (Å²) in [6.45, 7) is 3.96. The summed E-state index contributed by atoms with van der Waals surface area (Å²) in [7, 11) is 0. The van der Waals surface area contributed by atoms with E-state index in [1.807, 2.05) is 38.2 Å². The normalized spacial score (nSPS) is 22.5. The van der Waals surface area contributed by atoms with E-state index in [0.717, 1.165) is 49.3 Å². The molecule has 0 spiro atoms. The first-order valence-electron chi connectivity index (χ1n) is 9.37. The molecule has 1 fully saturated rings. The van der Waals surface area contributed by atoms with Crippen LogP contribution in [0.25, 0.3) is 10.2 Å². The zero-order valence-corrected chi connectivity index (χ0v) is 17.5. The first-order chi connectivity index (χ1) is 13.5. The number of thioether (sulfide) groups is 1. The minimum absolute atomic E-state index is 0.0174. The number of hydroxylamine groups is 1. The van der Waals surface area contributed by atoms with Crippen LogP contribution >= 0.6 is 23.1 Å². The van der Waals surface area contributed by atoms with Crippen molar-refractivity contribution in [2.45, 2.75) is 50.0 Å². The van der Waals surface area contributed by atoms with Gasteiger partial charge in [0.05, 0.1) is 21.2 Å². The lowest BCUT2D eigenvalue weighted by atomic mass is 9.87. The standard InChI is InChI=1S/C20H23N3O3S2/c1-11-10-21-26-12(2)18(11)28-20-23-16-8-5-14(9-17(16)27-20)22-19(25)13-3-6-15(24)7-4-13/h5,8-10,13,15,21,24H,3-4,6-7H2,1-2H3,(H,22,25). The fraction of sp³-hybridized carbons (Fsp3) is 0.400. The van der Waals surface area contributed by atoms with E-state index in [1.54, 1.807) is 23.1 Å². The van der Waals surface area contributed by atoms with Gasteiger partial charge in [0, 0.05) is 17.8 Å². The average Bonchev–Trinajstić information content (AvgIpc) is 3.07. The van der Waals surface area contributed by atoms with Gasteiger partial charge in [0.1, 0.15) is 5.76 Å². The lowest BCUT2D eigenvalue weighted by molar-refractivity contribution is -0.121. The number of aliphatic hydroxyl groups excluding tert-OH is 1. The number of nitrogens with one attached hydrogen (secondary N) is 2. The Morgan fingerprint density at radius 3 is 2.86 bits per heavy atom. The third kappa shape index (κ3) is 4.19. The average molecular weight is 418 g/mol. The van der Waals surface area contributed by atoms with Gasteiger partial charge in [0.2, 0.25) is 5.91 Å². The smallest absolute Gasteiger partial charge is 0.227 e. The van der Waals surface area contributed by atoms with Gasteiger partial charge in [-0.05, 0) is 63.3 Å². The minimum atomic E-state index is -0.254. The molecule has 0 radical (unpaired) electrons. The van der Waals surface area contributed by atoms with Gasteiger partial charge in [-0.25, -0.2) is 10.5 Å². The molecule has 1 aliphatic heterocycles. The molecule has 0 bridgehead atoms. The molecule has 1 amide bonds. The molecule has 2 aliphatic rings. The molecule has 28 heavy (non-hydrogen) atoms. The van der Waals surface area contributed by atoms with Crippen molar-refractivity contribution in [3.63, 3.8) is 0 Å². The Bertz CT molecular complexity index is 959. The number of fused-ring (bicyclic) bond motifs is 1. The van der Waals surface area contributed by atoms with Crippen molar-refractivity contribution >= 4 is 44.9 Å². The van der Waals surface area contributed by atoms with Crippen molar-refractivity contribution in [1.82, 2.24) is 10.5 Å². The van der Waals surface area contributed by atoms with Crippen LogP contribution in [-0.4, -0.2) is 22.1 Å². The van der Waals surface area contributed by atoms with Crippen molar-refractivity contribution in [3.05, 3.63) is 40.6 Å². The first kappa shape index (κ1) is 19.3. The van der Waals surface area contributed by atoms with Crippen LogP contribution in [0, 0.1) is 5.92 Å². The Hall–Kier alpha value is -2.03. The lowest BCUT2D eigenvalue weighted by Gasteiger charge is -2.24. The predicted molar refractivity (Wildman–Crippen MR) is 113 cm³/mol. The van der Waals surface area contributed by atoms with E-state index in [4.69, 9.17) is 9.82 Å². The van der Waals surface area contributed by atoms with Gasteiger partial charge in [-0.1, -0.05) is 11.8 Å². The number of hydrogen-bond acceptors (Lipinski definition) is 7. The second kappa shape index (κ2) is 8.14. The summed E-state index contributed by atoms with van der Waals surface area (Å²) in [6.07, 6.45) is 4.48. The Morgan fingerprint density at radius 2 is 2.11 bits per heavy atom. The highest BCUT2D eigenvalue weighted by atomic mass is 32.2. The first-order valence-corrected chi connectivity index (χ1v) is 11.0. The van der Waals surface area contributed by atoms with Crippen LogP contribution in [0.4, 0.5) is 5.69 Å². The summed E-state index contributed by atoms with van der Waals surface area (Å²) in [5, 5.41) is 12.6. The molecule has 3 N–H and O–H groups in total. The van der Waals surface area contributed by atoms with Crippen LogP contribution in [0.2, 0.25) is 0 Å². The Balaban J connectivity index is 1.47. The zero-order chi connectivity index (χ0) is 19.7. The summed E-state index contributed by atoms with van der Waals surface area (Å²) >= 11 is 3.19. The Kier molecular flexibility index (Phi) is 5.61. The van der Waals surface area contributed by atoms with E-state index in [9.17, 15) is 9.90 Å². The molecular formula is C20H23N3O3S2.